The molecule has 3 aromatic heterocycles. The Labute approximate surface area is 322 Å². The second-order valence-electron chi connectivity index (χ2n) is 14.0. The predicted octanol–water partition coefficient (Wildman–Crippen LogP) is 13.2. The summed E-state index contributed by atoms with van der Waals surface area (Å²) >= 11 is 0. The van der Waals surface area contributed by atoms with E-state index in [2.05, 4.69) is 150 Å². The monoisotopic (exact) mass is 716 g/mol. The van der Waals surface area contributed by atoms with Crippen LogP contribution in [0.4, 0.5) is 0 Å². The predicted molar refractivity (Wildman–Crippen MR) is 229 cm³/mol. The van der Waals surface area contributed by atoms with Gasteiger partial charge in [-0.05, 0) is 52.6 Å². The van der Waals surface area contributed by atoms with E-state index in [4.69, 9.17) is 19.4 Å². The molecule has 0 saturated heterocycles. The highest BCUT2D eigenvalue weighted by Crippen LogP contribution is 2.41. The number of fused-ring (bicyclic) bond motifs is 6. The van der Waals surface area contributed by atoms with Crippen LogP contribution in [0.3, 0.4) is 0 Å². The number of para-hydroxylation sites is 2. The van der Waals surface area contributed by atoms with E-state index in [0.29, 0.717) is 17.5 Å². The summed E-state index contributed by atoms with van der Waals surface area (Å²) in [5, 5.41) is 4.42. The van der Waals surface area contributed by atoms with Crippen LogP contribution < -0.4 is 0 Å². The summed E-state index contributed by atoms with van der Waals surface area (Å²) in [6.07, 6.45) is 0. The molecule has 11 aromatic rings. The van der Waals surface area contributed by atoms with Gasteiger partial charge in [0.1, 0.15) is 11.2 Å². The lowest BCUT2D eigenvalue weighted by molar-refractivity contribution is 0.670. The highest BCUT2D eigenvalue weighted by atomic mass is 16.3. The normalized spacial score (nSPS) is 11.6. The third kappa shape index (κ3) is 5.37. The van der Waals surface area contributed by atoms with Crippen molar-refractivity contribution in [3.63, 3.8) is 0 Å². The van der Waals surface area contributed by atoms with Crippen molar-refractivity contribution in [3.05, 3.63) is 194 Å². The maximum atomic E-state index is 6.85. The topological polar surface area (TPSA) is 56.7 Å². The number of nitrogens with zero attached hydrogens (tertiary/aromatic N) is 4. The summed E-state index contributed by atoms with van der Waals surface area (Å²) in [6, 6.07) is 67.4. The van der Waals surface area contributed by atoms with Crippen LogP contribution in [0.5, 0.6) is 0 Å². The second kappa shape index (κ2) is 13.0. The van der Waals surface area contributed by atoms with E-state index in [0.717, 1.165) is 66.5 Å². The van der Waals surface area contributed by atoms with Gasteiger partial charge in [-0.3, -0.25) is 0 Å². The number of aromatic nitrogens is 4. The van der Waals surface area contributed by atoms with Gasteiger partial charge in [0.2, 0.25) is 0 Å². The molecule has 262 valence electrons. The molecule has 5 nitrogen and oxygen atoms in total. The highest BCUT2D eigenvalue weighted by molar-refractivity contribution is 6.18. The molecule has 0 spiro atoms. The Bertz CT molecular complexity index is 3200. The van der Waals surface area contributed by atoms with Gasteiger partial charge in [-0.15, -0.1) is 0 Å². The summed E-state index contributed by atoms with van der Waals surface area (Å²) in [5.41, 5.74) is 12.2. The van der Waals surface area contributed by atoms with E-state index in [-0.39, 0.29) is 0 Å². The first kappa shape index (κ1) is 31.9. The lowest BCUT2D eigenvalue weighted by atomic mass is 10.0. The molecule has 56 heavy (non-hydrogen) atoms. The van der Waals surface area contributed by atoms with Crippen molar-refractivity contribution in [3.8, 4) is 62.1 Å². The molecule has 0 atom stereocenters. The van der Waals surface area contributed by atoms with Crippen molar-refractivity contribution < 1.29 is 4.42 Å². The highest BCUT2D eigenvalue weighted by Gasteiger charge is 2.20. The molecular formula is C51H32N4O. The smallest absolute Gasteiger partial charge is 0.167 e. The van der Waals surface area contributed by atoms with Gasteiger partial charge in [0.25, 0.3) is 0 Å². The van der Waals surface area contributed by atoms with Crippen molar-refractivity contribution in [2.24, 2.45) is 0 Å². The molecule has 0 radical (unpaired) electrons. The van der Waals surface area contributed by atoms with Crippen molar-refractivity contribution in [1.29, 1.82) is 0 Å². The zero-order valence-corrected chi connectivity index (χ0v) is 30.2. The van der Waals surface area contributed by atoms with Gasteiger partial charge < -0.3 is 8.98 Å². The summed E-state index contributed by atoms with van der Waals surface area (Å²) in [4.78, 5) is 15.2. The lowest BCUT2D eigenvalue weighted by Crippen LogP contribution is -2.00. The molecule has 5 heteroatoms. The van der Waals surface area contributed by atoms with Crippen LogP contribution in [0.15, 0.2) is 199 Å². The molecular weight excluding hydrogens is 685 g/mol. The SMILES string of the molecule is c1ccc(-c2ccc(-c3nc(-c4ccccc4)nc(-c4cccc5c4oc4cc6c(cc45)c4ccccc4n6-c4ccc(-c5ccccc5)cc4)n3)cc2)cc1. The average Bonchev–Trinajstić information content (AvgIpc) is 3.81. The standard InChI is InChI=1S/C51H32N4O/c1-4-13-33(14-5-1)35-23-25-38(26-24-35)50-52-49(37-17-8-3-9-18-37)53-51(54-50)42-21-12-20-41-44-31-43-40-19-10-11-22-45(40)55(46(43)32-47(44)56-48(41)42)39-29-27-36(28-30-39)34-15-6-2-7-16-34/h1-32H. The quantitative estimate of drug-likeness (QED) is 0.172. The van der Waals surface area contributed by atoms with Crippen LogP contribution in [-0.2, 0) is 0 Å². The van der Waals surface area contributed by atoms with Crippen molar-refractivity contribution >= 4 is 43.7 Å². The third-order valence-electron chi connectivity index (χ3n) is 10.7. The minimum absolute atomic E-state index is 0.559. The van der Waals surface area contributed by atoms with Crippen molar-refractivity contribution in [2.45, 2.75) is 0 Å². The molecule has 11 rings (SSSR count). The maximum Gasteiger partial charge on any atom is 0.167 e. The third-order valence-corrected chi connectivity index (χ3v) is 10.7. The minimum atomic E-state index is 0.559. The first-order valence-corrected chi connectivity index (χ1v) is 18.8. The van der Waals surface area contributed by atoms with E-state index in [1.54, 1.807) is 0 Å². The minimum Gasteiger partial charge on any atom is -0.455 e. The van der Waals surface area contributed by atoms with Crippen LogP contribution in [0.25, 0.3) is 106 Å². The van der Waals surface area contributed by atoms with Crippen molar-refractivity contribution in [1.82, 2.24) is 19.5 Å². The largest absolute Gasteiger partial charge is 0.455 e. The molecule has 0 aliphatic rings. The van der Waals surface area contributed by atoms with Crippen LogP contribution in [0.2, 0.25) is 0 Å². The Morgan fingerprint density at radius 2 is 0.839 bits per heavy atom. The number of rotatable bonds is 6. The lowest BCUT2D eigenvalue weighted by Gasteiger charge is -2.09. The van der Waals surface area contributed by atoms with Crippen molar-refractivity contribution in [2.75, 3.05) is 0 Å². The van der Waals surface area contributed by atoms with Gasteiger partial charge >= 0.3 is 0 Å². The Morgan fingerprint density at radius 1 is 0.339 bits per heavy atom. The molecule has 0 amide bonds. The number of benzene rings is 8. The molecule has 0 fully saturated rings. The Hall–Kier alpha value is -7.63. The molecule has 0 aliphatic carbocycles. The Balaban J connectivity index is 1.07. The van der Waals surface area contributed by atoms with Gasteiger partial charge in [0.05, 0.1) is 16.6 Å². The van der Waals surface area contributed by atoms with E-state index >= 15 is 0 Å². The number of furan rings is 1. The van der Waals surface area contributed by atoms with E-state index in [1.165, 1.54) is 21.9 Å². The van der Waals surface area contributed by atoms with E-state index in [9.17, 15) is 0 Å². The summed E-state index contributed by atoms with van der Waals surface area (Å²) in [5.74, 6) is 1.77. The Morgan fingerprint density at radius 3 is 1.50 bits per heavy atom. The zero-order valence-electron chi connectivity index (χ0n) is 30.2. The van der Waals surface area contributed by atoms with Crippen LogP contribution in [-0.4, -0.2) is 19.5 Å². The molecule has 0 unspecified atom stereocenters. The van der Waals surface area contributed by atoms with Crippen LogP contribution in [0.1, 0.15) is 0 Å². The number of hydrogen-bond acceptors (Lipinski definition) is 4. The van der Waals surface area contributed by atoms with E-state index < -0.39 is 0 Å². The molecule has 8 aromatic carbocycles. The fourth-order valence-corrected chi connectivity index (χ4v) is 7.93. The van der Waals surface area contributed by atoms with E-state index in [1.807, 2.05) is 48.5 Å². The van der Waals surface area contributed by atoms with Gasteiger partial charge in [-0.1, -0.05) is 158 Å². The molecule has 0 saturated carbocycles. The first-order chi connectivity index (χ1) is 27.7. The molecule has 0 aliphatic heterocycles. The molecule has 0 N–H and O–H groups in total. The van der Waals surface area contributed by atoms with Crippen LogP contribution >= 0.6 is 0 Å². The second-order valence-corrected chi connectivity index (χ2v) is 14.0. The summed E-state index contributed by atoms with van der Waals surface area (Å²) < 4.78 is 9.19. The van der Waals surface area contributed by atoms with Gasteiger partial charge in [0.15, 0.2) is 17.5 Å². The Kier molecular flexibility index (Phi) is 7.42. The number of hydrogen-bond donors (Lipinski definition) is 0. The summed E-state index contributed by atoms with van der Waals surface area (Å²) in [6.45, 7) is 0. The zero-order chi connectivity index (χ0) is 37.0. The van der Waals surface area contributed by atoms with Gasteiger partial charge in [0, 0.05) is 44.4 Å². The fraction of sp³-hybridized carbons (Fsp3) is 0. The molecule has 0 bridgehead atoms. The first-order valence-electron chi connectivity index (χ1n) is 18.8. The fourth-order valence-electron chi connectivity index (χ4n) is 7.93. The average molecular weight is 717 g/mol. The van der Waals surface area contributed by atoms with Gasteiger partial charge in [-0.25, -0.2) is 15.0 Å². The maximum absolute atomic E-state index is 6.85. The van der Waals surface area contributed by atoms with Crippen LogP contribution in [0, 0.1) is 0 Å². The molecule has 3 heterocycles. The van der Waals surface area contributed by atoms with Gasteiger partial charge in [-0.2, -0.15) is 0 Å². The summed E-state index contributed by atoms with van der Waals surface area (Å²) in [7, 11) is 0.